The first-order valence-electron chi connectivity index (χ1n) is 8.90. The summed E-state index contributed by atoms with van der Waals surface area (Å²) < 4.78 is 5.20. The predicted octanol–water partition coefficient (Wildman–Crippen LogP) is 3.68. The van der Waals surface area contributed by atoms with Gasteiger partial charge >= 0.3 is 5.97 Å². The lowest BCUT2D eigenvalue weighted by Gasteiger charge is -2.16. The molecule has 1 aromatic carbocycles. The van der Waals surface area contributed by atoms with Crippen LogP contribution in [0.2, 0.25) is 0 Å². The second-order valence-corrected chi connectivity index (χ2v) is 7.47. The quantitative estimate of drug-likeness (QED) is 0.599. The third-order valence-electron chi connectivity index (χ3n) is 4.42. The summed E-state index contributed by atoms with van der Waals surface area (Å²) in [7, 11) is 0. The van der Waals surface area contributed by atoms with E-state index < -0.39 is 12.0 Å². The number of nitrogens with zero attached hydrogens (tertiary/aromatic N) is 2. The van der Waals surface area contributed by atoms with Crippen molar-refractivity contribution in [2.45, 2.75) is 39.2 Å². The van der Waals surface area contributed by atoms with Crippen LogP contribution in [-0.2, 0) is 16.0 Å². The lowest BCUT2D eigenvalue weighted by Crippen LogP contribution is -2.33. The minimum atomic E-state index is -1.09. The Hall–Kier alpha value is -3.00. The number of aliphatic carboxylic acids is 1. The first-order valence-corrected chi connectivity index (χ1v) is 9.78. The molecule has 0 fully saturated rings. The van der Waals surface area contributed by atoms with E-state index >= 15 is 0 Å². The molecule has 0 aliphatic rings. The lowest BCUT2D eigenvalue weighted by molar-refractivity contribution is -0.142. The monoisotopic (exact) mass is 399 g/mol. The van der Waals surface area contributed by atoms with E-state index in [-0.39, 0.29) is 12.3 Å². The Morgan fingerprint density at radius 2 is 2.07 bits per heavy atom. The number of hydrogen-bond donors (Lipinski definition) is 2. The van der Waals surface area contributed by atoms with Crippen LogP contribution in [0.25, 0.3) is 10.7 Å². The number of amides is 1. The van der Waals surface area contributed by atoms with Gasteiger partial charge in [0.05, 0.1) is 4.88 Å². The van der Waals surface area contributed by atoms with Gasteiger partial charge in [0.2, 0.25) is 17.6 Å². The molecule has 146 valence electrons. The van der Waals surface area contributed by atoms with Gasteiger partial charge in [0.1, 0.15) is 0 Å². The molecule has 0 aliphatic heterocycles. The van der Waals surface area contributed by atoms with Crippen LogP contribution in [0.3, 0.4) is 0 Å². The standard InChI is InChI=1S/C20H21N3O4S/c1-12-8-9-14(11-13(12)2)18(20(25)26)21-16(24)6-3-7-17-22-19(23-27-17)15-5-4-10-28-15/h4-5,8-11,18H,3,6-7H2,1-2H3,(H,21,24)(H,25,26). The second-order valence-electron chi connectivity index (χ2n) is 6.53. The van der Waals surface area contributed by atoms with Gasteiger partial charge in [-0.15, -0.1) is 11.3 Å². The van der Waals surface area contributed by atoms with Crippen LogP contribution in [-0.4, -0.2) is 27.1 Å². The number of carbonyl (C=O) groups is 2. The van der Waals surface area contributed by atoms with Crippen molar-refractivity contribution >= 4 is 23.2 Å². The number of aromatic nitrogens is 2. The first-order chi connectivity index (χ1) is 13.4. The molecule has 1 atom stereocenters. The summed E-state index contributed by atoms with van der Waals surface area (Å²) in [6, 6.07) is 8.12. The van der Waals surface area contributed by atoms with E-state index in [4.69, 9.17) is 4.52 Å². The average Bonchev–Trinajstić information content (AvgIpc) is 3.33. The molecule has 3 aromatic rings. The van der Waals surface area contributed by atoms with Gasteiger partial charge in [-0.2, -0.15) is 4.98 Å². The molecule has 0 saturated heterocycles. The Balaban J connectivity index is 1.54. The number of carboxylic acid groups (broad SMARTS) is 1. The Bertz CT molecular complexity index is 966. The highest BCUT2D eigenvalue weighted by atomic mass is 32.1. The molecule has 1 unspecified atom stereocenters. The summed E-state index contributed by atoms with van der Waals surface area (Å²) >= 11 is 1.52. The van der Waals surface area contributed by atoms with Crippen molar-refractivity contribution in [2.75, 3.05) is 0 Å². The SMILES string of the molecule is Cc1ccc(C(NC(=O)CCCc2nc(-c3cccs3)no2)C(=O)O)cc1C. The van der Waals surface area contributed by atoms with Crippen molar-refractivity contribution in [2.24, 2.45) is 0 Å². The largest absolute Gasteiger partial charge is 0.479 e. The smallest absolute Gasteiger partial charge is 0.330 e. The summed E-state index contributed by atoms with van der Waals surface area (Å²) in [5.41, 5.74) is 2.61. The maximum atomic E-state index is 12.2. The summed E-state index contributed by atoms with van der Waals surface area (Å²) in [4.78, 5) is 29.1. The molecular weight excluding hydrogens is 378 g/mol. The number of hydrogen-bond acceptors (Lipinski definition) is 6. The highest BCUT2D eigenvalue weighted by molar-refractivity contribution is 7.13. The highest BCUT2D eigenvalue weighted by Crippen LogP contribution is 2.22. The van der Waals surface area contributed by atoms with Crippen molar-refractivity contribution in [1.82, 2.24) is 15.5 Å². The lowest BCUT2D eigenvalue weighted by atomic mass is 10.0. The molecular formula is C20H21N3O4S. The summed E-state index contributed by atoms with van der Waals surface area (Å²) in [5.74, 6) is -0.423. The maximum absolute atomic E-state index is 12.2. The van der Waals surface area contributed by atoms with Crippen LogP contribution >= 0.6 is 11.3 Å². The molecule has 1 amide bonds. The summed E-state index contributed by atoms with van der Waals surface area (Å²) in [6.45, 7) is 3.86. The normalized spacial score (nSPS) is 11.9. The fourth-order valence-corrected chi connectivity index (χ4v) is 3.38. The number of carbonyl (C=O) groups excluding carboxylic acids is 1. The number of thiophene rings is 1. The van der Waals surface area contributed by atoms with Gasteiger partial charge in [0.25, 0.3) is 0 Å². The Kier molecular flexibility index (Phi) is 6.20. The van der Waals surface area contributed by atoms with Gasteiger partial charge < -0.3 is 14.9 Å². The number of carboxylic acids is 1. The van der Waals surface area contributed by atoms with Gasteiger partial charge in [-0.1, -0.05) is 29.4 Å². The molecule has 8 heteroatoms. The Labute approximate surface area is 166 Å². The van der Waals surface area contributed by atoms with Crippen LogP contribution in [0.1, 0.15) is 41.5 Å². The highest BCUT2D eigenvalue weighted by Gasteiger charge is 2.22. The molecule has 2 N–H and O–H groups in total. The molecule has 2 heterocycles. The average molecular weight is 399 g/mol. The van der Waals surface area contributed by atoms with Crippen LogP contribution in [0, 0.1) is 13.8 Å². The molecule has 0 radical (unpaired) electrons. The van der Waals surface area contributed by atoms with E-state index in [9.17, 15) is 14.7 Å². The van der Waals surface area contributed by atoms with E-state index in [1.807, 2.05) is 37.4 Å². The summed E-state index contributed by atoms with van der Waals surface area (Å²) in [6.07, 6.45) is 1.11. The fourth-order valence-electron chi connectivity index (χ4n) is 2.73. The summed E-state index contributed by atoms with van der Waals surface area (Å²) in [5, 5.41) is 17.9. The minimum Gasteiger partial charge on any atom is -0.479 e. The topological polar surface area (TPSA) is 105 Å². The number of nitrogens with one attached hydrogen (secondary N) is 1. The minimum absolute atomic E-state index is 0.172. The molecule has 0 spiro atoms. The van der Waals surface area contributed by atoms with E-state index in [1.165, 1.54) is 11.3 Å². The number of benzene rings is 1. The predicted molar refractivity (Wildman–Crippen MR) is 105 cm³/mol. The molecule has 28 heavy (non-hydrogen) atoms. The van der Waals surface area contributed by atoms with Gasteiger partial charge in [-0.3, -0.25) is 4.79 Å². The van der Waals surface area contributed by atoms with Crippen LogP contribution in [0.5, 0.6) is 0 Å². The van der Waals surface area contributed by atoms with Crippen LogP contribution in [0.15, 0.2) is 40.2 Å². The van der Waals surface area contributed by atoms with E-state index in [0.717, 1.165) is 16.0 Å². The third kappa shape index (κ3) is 4.83. The van der Waals surface area contributed by atoms with Crippen molar-refractivity contribution in [3.8, 4) is 10.7 Å². The molecule has 0 bridgehead atoms. The zero-order valence-corrected chi connectivity index (χ0v) is 16.5. The van der Waals surface area contributed by atoms with Gasteiger partial charge in [-0.25, -0.2) is 4.79 Å². The zero-order chi connectivity index (χ0) is 20.1. The van der Waals surface area contributed by atoms with Crippen molar-refractivity contribution in [1.29, 1.82) is 0 Å². The molecule has 7 nitrogen and oxygen atoms in total. The molecule has 0 aliphatic carbocycles. The molecule has 3 rings (SSSR count). The van der Waals surface area contributed by atoms with Crippen LogP contribution in [0.4, 0.5) is 0 Å². The van der Waals surface area contributed by atoms with E-state index in [0.29, 0.717) is 30.1 Å². The van der Waals surface area contributed by atoms with Gasteiger partial charge in [0, 0.05) is 12.8 Å². The Morgan fingerprint density at radius 1 is 1.25 bits per heavy atom. The van der Waals surface area contributed by atoms with Crippen molar-refractivity contribution in [3.63, 3.8) is 0 Å². The second kappa shape index (κ2) is 8.79. The maximum Gasteiger partial charge on any atom is 0.330 e. The van der Waals surface area contributed by atoms with E-state index in [1.54, 1.807) is 12.1 Å². The van der Waals surface area contributed by atoms with Crippen LogP contribution < -0.4 is 5.32 Å². The zero-order valence-electron chi connectivity index (χ0n) is 15.6. The van der Waals surface area contributed by atoms with Gasteiger partial charge in [-0.05, 0) is 48.4 Å². The molecule has 0 saturated carbocycles. The first kappa shape index (κ1) is 19.8. The number of aryl methyl sites for hydroxylation is 3. The Morgan fingerprint density at radius 3 is 2.75 bits per heavy atom. The van der Waals surface area contributed by atoms with Crippen molar-refractivity contribution in [3.05, 3.63) is 58.3 Å². The third-order valence-corrected chi connectivity index (χ3v) is 5.29. The number of rotatable bonds is 8. The van der Waals surface area contributed by atoms with Gasteiger partial charge in [0.15, 0.2) is 6.04 Å². The van der Waals surface area contributed by atoms with E-state index in [2.05, 4.69) is 15.5 Å². The van der Waals surface area contributed by atoms with Crippen molar-refractivity contribution < 1.29 is 19.2 Å². The molecule has 2 aromatic heterocycles. The fraction of sp³-hybridized carbons (Fsp3) is 0.300.